The molecule has 0 spiro atoms. The number of epoxide rings is 2. The number of rotatable bonds is 2. The van der Waals surface area contributed by atoms with E-state index in [1.807, 2.05) is 0 Å². The van der Waals surface area contributed by atoms with Crippen molar-refractivity contribution < 1.29 is 19.0 Å². The Bertz CT molecular complexity index is 369. The number of fused-ring (bicyclic) bond motifs is 2. The minimum absolute atomic E-state index is 0.0108. The number of ether oxygens (including phenoxy) is 3. The second-order valence-electron chi connectivity index (χ2n) is 6.25. The largest absolute Gasteiger partial charge is 0.460 e. The highest BCUT2D eigenvalue weighted by molar-refractivity contribution is 5.66. The lowest BCUT2D eigenvalue weighted by atomic mass is 9.84. The van der Waals surface area contributed by atoms with Gasteiger partial charge in [-0.15, -0.1) is 0 Å². The van der Waals surface area contributed by atoms with Crippen LogP contribution in [0.25, 0.3) is 0 Å². The fraction of sp³-hybridized carbons (Fsp3) is 0.929. The summed E-state index contributed by atoms with van der Waals surface area (Å²) in [5, 5.41) is 0. The van der Waals surface area contributed by atoms with Crippen molar-refractivity contribution in [3.8, 4) is 0 Å². The van der Waals surface area contributed by atoms with Gasteiger partial charge in [0.2, 0.25) is 0 Å². The molecule has 0 amide bonds. The minimum Gasteiger partial charge on any atom is -0.460 e. The van der Waals surface area contributed by atoms with E-state index >= 15 is 0 Å². The number of esters is 1. The number of carbonyl (C=O) groups excluding carboxylic acids is 1. The van der Waals surface area contributed by atoms with Crippen LogP contribution < -0.4 is 0 Å². The molecule has 0 bridgehead atoms. The summed E-state index contributed by atoms with van der Waals surface area (Å²) in [6, 6.07) is 0. The summed E-state index contributed by atoms with van der Waals surface area (Å²) in [4.78, 5) is 11.1. The van der Waals surface area contributed by atoms with Gasteiger partial charge in [-0.05, 0) is 37.5 Å². The smallest absolute Gasteiger partial charge is 0.302 e. The van der Waals surface area contributed by atoms with E-state index in [1.165, 1.54) is 32.6 Å². The molecule has 2 saturated carbocycles. The Balaban J connectivity index is 1.41. The first-order valence-electron chi connectivity index (χ1n) is 7.20. The van der Waals surface area contributed by atoms with Crippen molar-refractivity contribution in [2.24, 2.45) is 11.8 Å². The van der Waals surface area contributed by atoms with Crippen molar-refractivity contribution in [1.82, 2.24) is 0 Å². The van der Waals surface area contributed by atoms with Crippen molar-refractivity contribution in [2.75, 3.05) is 0 Å². The fourth-order valence-corrected chi connectivity index (χ4v) is 4.13. The van der Waals surface area contributed by atoms with Gasteiger partial charge in [-0.25, -0.2) is 0 Å². The summed E-state index contributed by atoms with van der Waals surface area (Å²) in [6.45, 7) is 1.49. The first-order valence-corrected chi connectivity index (χ1v) is 7.20. The molecule has 4 heteroatoms. The first-order chi connectivity index (χ1) is 8.72. The van der Waals surface area contributed by atoms with E-state index in [4.69, 9.17) is 14.2 Å². The van der Waals surface area contributed by atoms with Gasteiger partial charge in [0.15, 0.2) is 0 Å². The maximum absolute atomic E-state index is 11.1. The van der Waals surface area contributed by atoms with Gasteiger partial charge in [-0.3, -0.25) is 4.79 Å². The Morgan fingerprint density at radius 2 is 2.00 bits per heavy atom. The van der Waals surface area contributed by atoms with Crippen molar-refractivity contribution in [1.29, 1.82) is 0 Å². The molecule has 100 valence electrons. The number of hydrogen-bond donors (Lipinski definition) is 0. The van der Waals surface area contributed by atoms with Gasteiger partial charge in [0, 0.05) is 6.92 Å². The van der Waals surface area contributed by atoms with Crippen LogP contribution in [0.4, 0.5) is 0 Å². The molecule has 4 aliphatic rings. The molecule has 0 N–H and O–H groups in total. The van der Waals surface area contributed by atoms with E-state index in [-0.39, 0.29) is 18.2 Å². The van der Waals surface area contributed by atoms with Crippen LogP contribution in [0.1, 0.15) is 39.0 Å². The molecule has 2 aliphatic heterocycles. The summed E-state index contributed by atoms with van der Waals surface area (Å²) in [6.07, 6.45) is 7.61. The molecule has 0 aromatic rings. The highest BCUT2D eigenvalue weighted by atomic mass is 16.6. The van der Waals surface area contributed by atoms with Gasteiger partial charge in [0.1, 0.15) is 12.2 Å². The zero-order valence-corrected chi connectivity index (χ0v) is 10.7. The summed E-state index contributed by atoms with van der Waals surface area (Å²) >= 11 is 0. The second-order valence-corrected chi connectivity index (χ2v) is 6.25. The van der Waals surface area contributed by atoms with Crippen LogP contribution in [0.5, 0.6) is 0 Å². The Kier molecular flexibility index (Phi) is 2.46. The maximum atomic E-state index is 11.1. The third-order valence-corrected chi connectivity index (χ3v) is 5.06. The van der Waals surface area contributed by atoms with Crippen LogP contribution in [0, 0.1) is 11.8 Å². The van der Waals surface area contributed by atoms with Gasteiger partial charge < -0.3 is 14.2 Å². The van der Waals surface area contributed by atoms with Crippen LogP contribution in [0.15, 0.2) is 0 Å². The molecule has 0 aromatic carbocycles. The van der Waals surface area contributed by atoms with Crippen LogP contribution in [0.3, 0.4) is 0 Å². The zero-order chi connectivity index (χ0) is 12.3. The monoisotopic (exact) mass is 252 g/mol. The van der Waals surface area contributed by atoms with Gasteiger partial charge in [-0.1, -0.05) is 6.42 Å². The summed E-state index contributed by atoms with van der Waals surface area (Å²) < 4.78 is 16.7. The molecule has 18 heavy (non-hydrogen) atoms. The average Bonchev–Trinajstić information content (AvgIpc) is 3.17. The molecule has 4 fully saturated rings. The molecule has 2 heterocycles. The standard InChI is InChI=1S/C14H20O4/c1-7(15)16-12-6-9(13-14(12)18-13)8-3-2-4-10-11(5-8)17-10/h8-14H,2-6H2,1H3. The van der Waals surface area contributed by atoms with Crippen LogP contribution in [-0.2, 0) is 19.0 Å². The van der Waals surface area contributed by atoms with E-state index in [1.54, 1.807) is 0 Å². The molecule has 2 saturated heterocycles. The maximum Gasteiger partial charge on any atom is 0.302 e. The van der Waals surface area contributed by atoms with Crippen molar-refractivity contribution in [3.05, 3.63) is 0 Å². The number of hydrogen-bond acceptors (Lipinski definition) is 4. The molecule has 4 nitrogen and oxygen atoms in total. The predicted molar refractivity (Wildman–Crippen MR) is 62.9 cm³/mol. The second kappa shape index (κ2) is 3.94. The molecule has 4 rings (SSSR count). The van der Waals surface area contributed by atoms with E-state index in [0.29, 0.717) is 30.1 Å². The lowest BCUT2D eigenvalue weighted by molar-refractivity contribution is -0.148. The van der Waals surface area contributed by atoms with Crippen molar-refractivity contribution >= 4 is 5.97 Å². The SMILES string of the molecule is CC(=O)OC1CC(C2CCCC3OC3C2)C2OC12. The van der Waals surface area contributed by atoms with E-state index in [2.05, 4.69) is 0 Å². The average molecular weight is 252 g/mol. The third kappa shape index (κ3) is 1.86. The lowest BCUT2D eigenvalue weighted by Crippen LogP contribution is -2.23. The molecule has 0 aromatic heterocycles. The molecular weight excluding hydrogens is 232 g/mol. The predicted octanol–water partition coefficient (Wildman–Crippen LogP) is 1.66. The van der Waals surface area contributed by atoms with Gasteiger partial charge >= 0.3 is 5.97 Å². The normalized spacial score (nSPS) is 53.1. The Hall–Kier alpha value is -0.610. The molecule has 7 unspecified atom stereocenters. The highest BCUT2D eigenvalue weighted by Gasteiger charge is 2.60. The Morgan fingerprint density at radius 1 is 1.11 bits per heavy atom. The summed E-state index contributed by atoms with van der Waals surface area (Å²) in [7, 11) is 0. The minimum atomic E-state index is -0.179. The Labute approximate surface area is 107 Å². The third-order valence-electron chi connectivity index (χ3n) is 5.06. The molecule has 0 radical (unpaired) electrons. The summed E-state index contributed by atoms with van der Waals surface area (Å²) in [5.74, 6) is 1.11. The van der Waals surface area contributed by atoms with Crippen LogP contribution in [0.2, 0.25) is 0 Å². The fourth-order valence-electron chi connectivity index (χ4n) is 4.13. The molecule has 7 atom stereocenters. The van der Waals surface area contributed by atoms with Crippen molar-refractivity contribution in [3.63, 3.8) is 0 Å². The van der Waals surface area contributed by atoms with Gasteiger partial charge in [0.05, 0.1) is 18.3 Å². The lowest BCUT2D eigenvalue weighted by Gasteiger charge is -2.24. The van der Waals surface area contributed by atoms with E-state index in [0.717, 1.165) is 6.42 Å². The summed E-state index contributed by atoms with van der Waals surface area (Å²) in [5.41, 5.74) is 0. The highest BCUT2D eigenvalue weighted by Crippen LogP contribution is 2.52. The molecular formula is C14H20O4. The quantitative estimate of drug-likeness (QED) is 0.554. The van der Waals surface area contributed by atoms with Crippen LogP contribution in [-0.4, -0.2) is 36.5 Å². The van der Waals surface area contributed by atoms with E-state index in [9.17, 15) is 4.79 Å². The molecule has 2 aliphatic carbocycles. The van der Waals surface area contributed by atoms with Gasteiger partial charge in [-0.2, -0.15) is 0 Å². The first kappa shape index (κ1) is 11.2. The van der Waals surface area contributed by atoms with Crippen molar-refractivity contribution in [2.45, 2.75) is 69.5 Å². The Morgan fingerprint density at radius 3 is 2.83 bits per heavy atom. The van der Waals surface area contributed by atoms with E-state index < -0.39 is 0 Å². The van der Waals surface area contributed by atoms with Gasteiger partial charge in [0.25, 0.3) is 0 Å². The topological polar surface area (TPSA) is 51.4 Å². The number of carbonyl (C=O) groups is 1. The van der Waals surface area contributed by atoms with Crippen LogP contribution >= 0.6 is 0 Å². The zero-order valence-electron chi connectivity index (χ0n) is 10.7.